The van der Waals surface area contributed by atoms with E-state index in [1.165, 1.54) is 11.8 Å². The molecule has 3 aromatic rings. The lowest BCUT2D eigenvalue weighted by Crippen LogP contribution is -2.29. The first-order valence-electron chi connectivity index (χ1n) is 10.3. The normalized spacial score (nSPS) is 15.6. The average Bonchev–Trinajstić information content (AvgIpc) is 3.32. The quantitative estimate of drug-likeness (QED) is 0.411. The fraction of sp³-hybridized carbons (Fsp3) is 0.348. The number of carbonyl (C=O) groups is 1. The van der Waals surface area contributed by atoms with Gasteiger partial charge in [0.15, 0.2) is 5.16 Å². The van der Waals surface area contributed by atoms with Crippen molar-refractivity contribution in [3.05, 3.63) is 52.8 Å². The van der Waals surface area contributed by atoms with Crippen LogP contribution in [0.2, 0.25) is 0 Å². The van der Waals surface area contributed by atoms with Crippen LogP contribution < -0.4 is 20.3 Å². The summed E-state index contributed by atoms with van der Waals surface area (Å²) in [5.41, 5.74) is 1.06. The van der Waals surface area contributed by atoms with Crippen LogP contribution in [0.25, 0.3) is 10.9 Å². The number of hydrogen-bond donors (Lipinski definition) is 1. The van der Waals surface area contributed by atoms with E-state index in [9.17, 15) is 9.59 Å². The monoisotopic (exact) mass is 455 g/mol. The third-order valence-corrected chi connectivity index (χ3v) is 6.18. The third kappa shape index (κ3) is 5.05. The molecule has 1 aliphatic heterocycles. The van der Waals surface area contributed by atoms with Crippen molar-refractivity contribution < 1.29 is 19.0 Å². The van der Waals surface area contributed by atoms with Crippen molar-refractivity contribution in [3.63, 3.8) is 0 Å². The van der Waals surface area contributed by atoms with Gasteiger partial charge >= 0.3 is 0 Å². The van der Waals surface area contributed by atoms with Crippen LogP contribution in [0.3, 0.4) is 0 Å². The van der Waals surface area contributed by atoms with Gasteiger partial charge < -0.3 is 19.5 Å². The minimum Gasteiger partial charge on any atom is -0.497 e. The first-order chi connectivity index (χ1) is 15.6. The number of anilines is 1. The Bertz CT molecular complexity index is 1150. The summed E-state index contributed by atoms with van der Waals surface area (Å²) in [7, 11) is 3.10. The van der Waals surface area contributed by atoms with Crippen molar-refractivity contribution in [1.29, 1.82) is 0 Å². The maximum absolute atomic E-state index is 13.1. The lowest BCUT2D eigenvalue weighted by atomic mass is 10.2. The van der Waals surface area contributed by atoms with Crippen LogP contribution in [0.15, 0.2) is 52.4 Å². The highest BCUT2D eigenvalue weighted by Gasteiger charge is 2.20. The minimum atomic E-state index is -0.226. The van der Waals surface area contributed by atoms with Gasteiger partial charge in [-0.15, -0.1) is 0 Å². The van der Waals surface area contributed by atoms with Crippen LogP contribution >= 0.6 is 11.8 Å². The molecule has 2 aromatic carbocycles. The molecule has 1 amide bonds. The van der Waals surface area contributed by atoms with E-state index in [-0.39, 0.29) is 23.3 Å². The number of para-hydroxylation sites is 1. The Morgan fingerprint density at radius 3 is 2.66 bits per heavy atom. The van der Waals surface area contributed by atoms with Crippen molar-refractivity contribution in [2.45, 2.75) is 30.6 Å². The number of ether oxygens (including phenoxy) is 3. The van der Waals surface area contributed by atoms with Crippen molar-refractivity contribution >= 4 is 34.3 Å². The van der Waals surface area contributed by atoms with Crippen LogP contribution in [0.1, 0.15) is 12.8 Å². The molecule has 1 unspecified atom stereocenters. The highest BCUT2D eigenvalue weighted by Crippen LogP contribution is 2.26. The summed E-state index contributed by atoms with van der Waals surface area (Å²) in [6, 6.07) is 12.4. The van der Waals surface area contributed by atoms with Crippen LogP contribution in [-0.2, 0) is 16.1 Å². The van der Waals surface area contributed by atoms with Crippen molar-refractivity contribution in [2.24, 2.45) is 0 Å². The van der Waals surface area contributed by atoms with Crippen molar-refractivity contribution in [1.82, 2.24) is 9.55 Å². The van der Waals surface area contributed by atoms with E-state index < -0.39 is 0 Å². The zero-order valence-electron chi connectivity index (χ0n) is 18.0. The van der Waals surface area contributed by atoms with E-state index in [1.54, 1.807) is 49.1 Å². The number of hydrogen-bond acceptors (Lipinski definition) is 7. The number of carbonyl (C=O) groups excluding carboxylic acids is 1. The predicted octanol–water partition coefficient (Wildman–Crippen LogP) is 3.32. The number of aromatic nitrogens is 2. The van der Waals surface area contributed by atoms with E-state index in [0.29, 0.717) is 46.4 Å². The molecule has 0 aliphatic carbocycles. The molecule has 1 N–H and O–H groups in total. The summed E-state index contributed by atoms with van der Waals surface area (Å²) in [5, 5.41) is 3.91. The lowest BCUT2D eigenvalue weighted by molar-refractivity contribution is -0.113. The smallest absolute Gasteiger partial charge is 0.262 e. The second kappa shape index (κ2) is 10.1. The van der Waals surface area contributed by atoms with E-state index in [1.807, 2.05) is 12.1 Å². The summed E-state index contributed by atoms with van der Waals surface area (Å²) in [6.07, 6.45) is 1.87. The molecule has 1 saturated heterocycles. The Morgan fingerprint density at radius 1 is 1.22 bits per heavy atom. The molecule has 9 heteroatoms. The fourth-order valence-corrected chi connectivity index (χ4v) is 4.43. The van der Waals surface area contributed by atoms with Crippen LogP contribution in [0.5, 0.6) is 11.5 Å². The SMILES string of the molecule is COc1cc(NC(=O)CSc2nc3ccccc3c(=O)n2CC2CCCO2)cc(OC)c1. The Balaban J connectivity index is 1.54. The summed E-state index contributed by atoms with van der Waals surface area (Å²) in [5.74, 6) is 1.02. The van der Waals surface area contributed by atoms with Gasteiger partial charge in [0.1, 0.15) is 11.5 Å². The number of nitrogens with one attached hydrogen (secondary N) is 1. The summed E-state index contributed by atoms with van der Waals surface area (Å²) in [4.78, 5) is 30.4. The Labute approximate surface area is 189 Å². The first-order valence-corrected chi connectivity index (χ1v) is 11.3. The average molecular weight is 456 g/mol. The first kappa shape index (κ1) is 22.2. The molecule has 2 heterocycles. The molecule has 0 bridgehead atoms. The number of nitrogens with zero attached hydrogens (tertiary/aromatic N) is 2. The molecular weight excluding hydrogens is 430 g/mol. The minimum absolute atomic E-state index is 0.0203. The molecule has 8 nitrogen and oxygen atoms in total. The molecule has 32 heavy (non-hydrogen) atoms. The van der Waals surface area contributed by atoms with Crippen LogP contribution in [0, 0.1) is 0 Å². The van der Waals surface area contributed by atoms with E-state index >= 15 is 0 Å². The van der Waals surface area contributed by atoms with Gasteiger partial charge in [0.05, 0.1) is 43.5 Å². The molecule has 4 rings (SSSR count). The highest BCUT2D eigenvalue weighted by molar-refractivity contribution is 7.99. The van der Waals surface area contributed by atoms with Crippen LogP contribution in [-0.4, -0.2) is 48.1 Å². The van der Waals surface area contributed by atoms with E-state index in [4.69, 9.17) is 14.2 Å². The number of fused-ring (bicyclic) bond motifs is 1. The molecular formula is C23H25N3O5S. The largest absolute Gasteiger partial charge is 0.497 e. The van der Waals surface area contributed by atoms with Gasteiger partial charge in [0, 0.05) is 30.5 Å². The number of thioether (sulfide) groups is 1. The van der Waals surface area contributed by atoms with Gasteiger partial charge in [-0.25, -0.2) is 4.98 Å². The lowest BCUT2D eigenvalue weighted by Gasteiger charge is -2.16. The molecule has 0 saturated carbocycles. The number of benzene rings is 2. The standard InChI is InChI=1S/C23H25N3O5S/c1-29-17-10-15(11-18(12-17)30-2)24-21(27)14-32-23-25-20-8-4-3-7-19(20)22(28)26(23)13-16-6-5-9-31-16/h3-4,7-8,10-12,16H,5-6,9,13-14H2,1-2H3,(H,24,27). The third-order valence-electron chi connectivity index (χ3n) is 5.20. The number of amides is 1. The number of methoxy groups -OCH3 is 2. The maximum Gasteiger partial charge on any atom is 0.262 e. The molecule has 0 radical (unpaired) electrons. The summed E-state index contributed by atoms with van der Waals surface area (Å²) in [6.45, 7) is 1.13. The second-order valence-electron chi connectivity index (χ2n) is 7.40. The second-order valence-corrected chi connectivity index (χ2v) is 8.34. The maximum atomic E-state index is 13.1. The van der Waals surface area contributed by atoms with Gasteiger partial charge in [-0.3, -0.25) is 14.2 Å². The summed E-state index contributed by atoms with van der Waals surface area (Å²) < 4.78 is 17.8. The zero-order valence-corrected chi connectivity index (χ0v) is 18.8. The van der Waals surface area contributed by atoms with Crippen molar-refractivity contribution in [2.75, 3.05) is 31.9 Å². The predicted molar refractivity (Wildman–Crippen MR) is 124 cm³/mol. The van der Waals surface area contributed by atoms with Crippen molar-refractivity contribution in [3.8, 4) is 11.5 Å². The van der Waals surface area contributed by atoms with Crippen LogP contribution in [0.4, 0.5) is 5.69 Å². The molecule has 0 spiro atoms. The Morgan fingerprint density at radius 2 is 1.97 bits per heavy atom. The van der Waals surface area contributed by atoms with Gasteiger partial charge in [-0.05, 0) is 25.0 Å². The Kier molecular flexibility index (Phi) is 6.96. The van der Waals surface area contributed by atoms with Gasteiger partial charge in [-0.1, -0.05) is 23.9 Å². The number of rotatable bonds is 8. The molecule has 168 valence electrons. The zero-order chi connectivity index (χ0) is 22.5. The fourth-order valence-electron chi connectivity index (χ4n) is 3.62. The summed E-state index contributed by atoms with van der Waals surface area (Å²) >= 11 is 1.23. The van der Waals surface area contributed by atoms with Gasteiger partial charge in [0.25, 0.3) is 5.56 Å². The Hall–Kier alpha value is -3.04. The highest BCUT2D eigenvalue weighted by atomic mass is 32.2. The molecule has 1 aromatic heterocycles. The molecule has 1 aliphatic rings. The van der Waals surface area contributed by atoms with Gasteiger partial charge in [0.2, 0.25) is 5.91 Å². The van der Waals surface area contributed by atoms with E-state index in [2.05, 4.69) is 10.3 Å². The molecule has 1 fully saturated rings. The van der Waals surface area contributed by atoms with Gasteiger partial charge in [-0.2, -0.15) is 0 Å². The molecule has 1 atom stereocenters. The topological polar surface area (TPSA) is 91.7 Å². The van der Waals surface area contributed by atoms with E-state index in [0.717, 1.165) is 12.8 Å².